The first-order valence-corrected chi connectivity index (χ1v) is 19.7. The molecule has 0 bridgehead atoms. The Morgan fingerprint density at radius 2 is 0.754 bits per heavy atom. The largest absolute Gasteiger partial charge is 2.00 e. The number of amides is 1. The van der Waals surface area contributed by atoms with Gasteiger partial charge in [-0.05, 0) is 90.6 Å². The molecule has 25 heteroatoms. The fourth-order valence-corrected chi connectivity index (χ4v) is 5.61. The minimum atomic E-state index is -4.94. The predicted octanol–water partition coefficient (Wildman–Crippen LogP) is -5.47. The van der Waals surface area contributed by atoms with Crippen LogP contribution in [0.25, 0.3) is 34.2 Å². The predicted molar refractivity (Wildman–Crippen MR) is 193 cm³/mol. The van der Waals surface area contributed by atoms with Crippen LogP contribution in [0, 0.1) is 41.3 Å². The van der Waals surface area contributed by atoms with Crippen molar-refractivity contribution in [2.24, 2.45) is 0 Å². The number of benzene rings is 1. The van der Waals surface area contributed by atoms with Gasteiger partial charge in [-0.15, -0.1) is 35.8 Å². The van der Waals surface area contributed by atoms with Crippen molar-refractivity contribution in [3.63, 3.8) is 0 Å². The molecule has 0 aliphatic carbocycles. The zero-order valence-corrected chi connectivity index (χ0v) is 38.5. The fourth-order valence-electron chi connectivity index (χ4n) is 5.61. The van der Waals surface area contributed by atoms with Crippen molar-refractivity contribution in [2.45, 2.75) is 40.4 Å². The molecule has 0 aliphatic heterocycles. The molecule has 0 aliphatic rings. The van der Waals surface area contributed by atoms with Crippen molar-refractivity contribution >= 4 is 33.7 Å². The number of rotatable bonds is 10. The van der Waals surface area contributed by atoms with Crippen LogP contribution in [0.15, 0.2) is 91.8 Å². The van der Waals surface area contributed by atoms with Gasteiger partial charge in [0.1, 0.15) is 17.1 Å². The number of hydrogen-bond acceptors (Lipinski definition) is 18. The molecule has 318 valence electrons. The summed E-state index contributed by atoms with van der Waals surface area (Å²) in [6, 6.07) is 17.3. The van der Waals surface area contributed by atoms with Gasteiger partial charge in [0, 0.05) is 32.7 Å². The third-order valence-corrected chi connectivity index (χ3v) is 8.29. The van der Waals surface area contributed by atoms with Gasteiger partial charge in [-0.2, -0.15) is 0 Å². The molecule has 0 N–H and O–H groups in total. The van der Waals surface area contributed by atoms with Crippen molar-refractivity contribution < 1.29 is 62.6 Å². The van der Waals surface area contributed by atoms with Crippen LogP contribution >= 0.6 is 0 Å². The molecular weight excluding hydrogens is 1040 g/mol. The quantitative estimate of drug-likeness (QED) is 0.0911. The van der Waals surface area contributed by atoms with Gasteiger partial charge in [-0.25, -0.2) is 51.3 Å². The van der Waals surface area contributed by atoms with Crippen LogP contribution < -0.4 is 37.3 Å². The van der Waals surface area contributed by atoms with Gasteiger partial charge in [-0.1, -0.05) is 33.8 Å². The van der Waals surface area contributed by atoms with Gasteiger partial charge in [0.25, 0.3) is 0 Å². The number of carbonyl (C=O) groups is 1. The van der Waals surface area contributed by atoms with Crippen LogP contribution in [0.1, 0.15) is 33.4 Å². The molecule has 6 aromatic heterocycles. The maximum atomic E-state index is 9.43. The molecule has 1 amide bonds. The Hall–Kier alpha value is -5.26. The van der Waals surface area contributed by atoms with Gasteiger partial charge >= 0.3 is 27.3 Å². The second-order valence-corrected chi connectivity index (χ2v) is 14.2. The van der Waals surface area contributed by atoms with Crippen LogP contribution in [-0.4, -0.2) is 113 Å². The van der Waals surface area contributed by atoms with Crippen LogP contribution in [0.2, 0.25) is 0 Å². The number of pyridine rings is 3. The Balaban J connectivity index is 0.000000536. The van der Waals surface area contributed by atoms with Crippen molar-refractivity contribution in [2.75, 3.05) is 14.1 Å². The first kappa shape index (κ1) is 50.1. The zero-order valence-electron chi connectivity index (χ0n) is 33.1. The number of carbonyl (C=O) groups excluding carboxylic acids is 1. The maximum absolute atomic E-state index is 9.43. The number of hydrogen-bond donors (Lipinski definition) is 0. The third kappa shape index (κ3) is 16.6. The first-order chi connectivity index (χ1) is 28.3. The molecule has 2 radical (unpaired) electrons. The van der Waals surface area contributed by atoms with E-state index < -0.39 is 20.5 Å². The molecule has 0 atom stereocenters. The molecule has 7 aromatic rings. The summed E-state index contributed by atoms with van der Waals surface area (Å²) in [6.45, 7) is 8.13. The van der Waals surface area contributed by atoms with E-state index in [-0.39, 0.29) is 27.3 Å². The minimum absolute atomic E-state index is 0. The molecule has 0 unspecified atom stereocenters. The van der Waals surface area contributed by atoms with Crippen molar-refractivity contribution in [3.8, 4) is 34.2 Å². The van der Waals surface area contributed by atoms with Gasteiger partial charge in [0.05, 0.1) is 55.3 Å². The second-order valence-electron chi connectivity index (χ2n) is 12.7. The van der Waals surface area contributed by atoms with Crippen LogP contribution in [0.4, 0.5) is 0 Å². The van der Waals surface area contributed by atoms with E-state index >= 15 is 0 Å². The summed E-state index contributed by atoms with van der Waals surface area (Å²) in [6.07, 6.45) is 11.8. The summed E-state index contributed by atoms with van der Waals surface area (Å²) in [5.41, 5.74) is 11.6. The fraction of sp³-hybridized carbons (Fsp3) is 0.222. The van der Waals surface area contributed by atoms with Gasteiger partial charge in [0.2, 0.25) is 6.41 Å². The molecule has 61 heavy (non-hydrogen) atoms. The Labute approximate surface area is 373 Å². The number of halogens is 2. The molecule has 22 nitrogen and oxygen atoms in total. The Morgan fingerprint density at radius 3 is 0.951 bits per heavy atom. The van der Waals surface area contributed by atoms with E-state index in [9.17, 15) is 4.79 Å². The van der Waals surface area contributed by atoms with Crippen LogP contribution in [0.5, 0.6) is 0 Å². The van der Waals surface area contributed by atoms with Crippen molar-refractivity contribution in [3.05, 3.63) is 125 Å². The summed E-state index contributed by atoms with van der Waals surface area (Å²) < 4.78 is 73.5. The van der Waals surface area contributed by atoms with E-state index in [4.69, 9.17) is 37.3 Å². The zero-order chi connectivity index (χ0) is 44.0. The molecule has 0 spiro atoms. The summed E-state index contributed by atoms with van der Waals surface area (Å²) in [4.78, 5) is 24.2. The molecule has 0 saturated heterocycles. The van der Waals surface area contributed by atoms with E-state index in [1.807, 2.05) is 87.2 Å². The smallest absolute Gasteiger partial charge is 0.351 e. The van der Waals surface area contributed by atoms with E-state index in [1.54, 1.807) is 32.7 Å². The standard InChI is InChI=1S/C33H30N12.C3H7NO.2ClHO4.Pb/c1-22-25(16-43-19-31(37-40-43)28-10-4-7-13-34-28)23(2)27(18-45-21-33(39-42-45)30-12-6-9-15-36-30)24(3)26(22)17-44-20-32(38-41-44)29-11-5-8-14-35-29;1-4(2)3-5;2*2-1(3,4)5;/h4-15,19-21H,16-18H2,1-3H3;3H,1-2H3;2*(H,2,3,4,5);/q;;;;+2/p-2. The molecule has 1 aromatic carbocycles. The molecular formula is C36H37Cl2N13O9Pb. The van der Waals surface area contributed by atoms with Gasteiger partial charge in [-0.3, -0.25) is 19.7 Å². The Morgan fingerprint density at radius 1 is 0.508 bits per heavy atom. The molecule has 0 saturated carbocycles. The minimum Gasteiger partial charge on any atom is -0.351 e. The van der Waals surface area contributed by atoms with Gasteiger partial charge < -0.3 is 4.90 Å². The number of nitrogens with zero attached hydrogens (tertiary/aromatic N) is 13. The average Bonchev–Trinajstić information content (AvgIpc) is 3.99. The van der Waals surface area contributed by atoms with Crippen LogP contribution in [0.3, 0.4) is 0 Å². The molecule has 0 fully saturated rings. The van der Waals surface area contributed by atoms with Crippen molar-refractivity contribution in [1.29, 1.82) is 0 Å². The summed E-state index contributed by atoms with van der Waals surface area (Å²) in [5, 5.41) is 26.5. The van der Waals surface area contributed by atoms with E-state index in [0.29, 0.717) is 19.6 Å². The normalized spacial score (nSPS) is 10.8. The molecule has 7 rings (SSSR count). The van der Waals surface area contributed by atoms with Gasteiger partial charge in [0.15, 0.2) is 0 Å². The third-order valence-electron chi connectivity index (χ3n) is 8.29. The van der Waals surface area contributed by atoms with Crippen molar-refractivity contribution in [1.82, 2.24) is 64.8 Å². The van der Waals surface area contributed by atoms with E-state index in [0.717, 1.165) is 40.6 Å². The monoisotopic (exact) mass is 1070 g/mol. The Kier molecular flexibility index (Phi) is 19.0. The van der Waals surface area contributed by atoms with E-state index in [2.05, 4.69) is 66.7 Å². The average molecular weight is 1070 g/mol. The summed E-state index contributed by atoms with van der Waals surface area (Å²) in [7, 11) is -6.51. The maximum Gasteiger partial charge on any atom is 2.00 e. The summed E-state index contributed by atoms with van der Waals surface area (Å²) in [5.74, 6) is 0. The van der Waals surface area contributed by atoms with Crippen LogP contribution in [-0.2, 0) is 24.4 Å². The first-order valence-electron chi connectivity index (χ1n) is 17.2. The SMILES string of the molecule is CN(C)C=O.Cc1c(Cn2cc(-c3ccccn3)nn2)c(C)c(Cn2cc(-c3ccccn3)nn2)c(C)c1Cn1cc(-c2ccccn2)nn1.[O-][Cl+3]([O-])([O-])[O-].[O-][Cl+3]([O-])([O-])[O-].[Pb+2]. The molecule has 6 heterocycles. The van der Waals surface area contributed by atoms with E-state index in [1.165, 1.54) is 38.3 Å². The number of aromatic nitrogens is 12. The second kappa shape index (κ2) is 23.1. The topological polar surface area (TPSA) is 336 Å². The summed E-state index contributed by atoms with van der Waals surface area (Å²) >= 11 is 0. The Bertz CT molecular complexity index is 2130.